The van der Waals surface area contributed by atoms with Crippen LogP contribution in [0.2, 0.25) is 0 Å². The molecule has 0 fully saturated rings. The van der Waals surface area contributed by atoms with Crippen LogP contribution < -0.4 is 4.74 Å². The van der Waals surface area contributed by atoms with Gasteiger partial charge in [-0.25, -0.2) is 5.10 Å². The normalized spacial score (nSPS) is 12.1. The van der Waals surface area contributed by atoms with Crippen LogP contribution in [0.25, 0.3) is 0 Å². The third-order valence-electron chi connectivity index (χ3n) is 3.58. The van der Waals surface area contributed by atoms with Gasteiger partial charge in [0.15, 0.2) is 5.82 Å². The second-order valence-electron chi connectivity index (χ2n) is 5.66. The molecule has 2 aromatic heterocycles. The van der Waals surface area contributed by atoms with Crippen LogP contribution in [-0.4, -0.2) is 31.3 Å². The summed E-state index contributed by atoms with van der Waals surface area (Å²) in [5.74, 6) is 1.14. The molecule has 0 aliphatic carbocycles. The summed E-state index contributed by atoms with van der Waals surface area (Å²) in [5.41, 5.74) is 0.943. The lowest BCUT2D eigenvalue weighted by molar-refractivity contribution is -0.141. The lowest BCUT2D eigenvalue weighted by Gasteiger charge is -2.07. The van der Waals surface area contributed by atoms with E-state index in [0.717, 1.165) is 17.8 Å². The van der Waals surface area contributed by atoms with Gasteiger partial charge in [0.2, 0.25) is 0 Å². The lowest BCUT2D eigenvalue weighted by Crippen LogP contribution is -2.07. The van der Waals surface area contributed by atoms with Crippen LogP contribution in [0.4, 0.5) is 13.2 Å². The monoisotopic (exact) mass is 392 g/mol. The Morgan fingerprint density at radius 1 is 1.11 bits per heavy atom. The number of rotatable bonds is 7. The Morgan fingerprint density at radius 3 is 2.50 bits per heavy atom. The highest BCUT2D eigenvalue weighted by molar-refractivity contribution is 5.98. The molecular weight excluding hydrogens is 377 g/mol. The molecule has 1 N–H and O–H groups in total. The molecule has 3 rings (SSSR count). The molecule has 0 bridgehead atoms. The van der Waals surface area contributed by atoms with Crippen molar-refractivity contribution in [3.63, 3.8) is 0 Å². The number of alkyl halides is 3. The van der Waals surface area contributed by atoms with E-state index in [9.17, 15) is 13.2 Å². The molecular formula is C17H15F3N6O2. The predicted octanol–water partition coefficient (Wildman–Crippen LogP) is 3.13. The van der Waals surface area contributed by atoms with Gasteiger partial charge in [-0.3, -0.25) is 4.98 Å². The Labute approximate surface area is 157 Å². The van der Waals surface area contributed by atoms with E-state index in [-0.39, 0.29) is 13.2 Å². The molecule has 0 aliphatic heterocycles. The second kappa shape index (κ2) is 8.46. The Bertz CT molecular complexity index is 910. The van der Waals surface area contributed by atoms with Crippen molar-refractivity contribution in [3.8, 4) is 5.75 Å². The third kappa shape index (κ3) is 5.25. The van der Waals surface area contributed by atoms with E-state index in [1.807, 2.05) is 0 Å². The number of ether oxygens (including phenoxy) is 1. The van der Waals surface area contributed by atoms with Crippen molar-refractivity contribution in [2.75, 3.05) is 0 Å². The maximum Gasteiger partial charge on any atom is 0.433 e. The van der Waals surface area contributed by atoms with Crippen LogP contribution in [0.15, 0.2) is 47.8 Å². The fourth-order valence-corrected chi connectivity index (χ4v) is 2.12. The number of aromatic amines is 1. The number of hydrogen-bond donors (Lipinski definition) is 1. The van der Waals surface area contributed by atoms with E-state index in [2.05, 4.69) is 30.8 Å². The average molecular weight is 392 g/mol. The number of oxime groups is 1. The zero-order chi connectivity index (χ0) is 20.0. The Kier molecular flexibility index (Phi) is 5.82. The molecule has 0 aliphatic rings. The van der Waals surface area contributed by atoms with Gasteiger partial charge in [0.25, 0.3) is 0 Å². The van der Waals surface area contributed by atoms with E-state index in [1.165, 1.54) is 6.07 Å². The average Bonchev–Trinajstić information content (AvgIpc) is 3.20. The molecule has 1 aromatic carbocycles. The molecule has 0 spiro atoms. The summed E-state index contributed by atoms with van der Waals surface area (Å²) in [6, 6.07) is 9.33. The van der Waals surface area contributed by atoms with Gasteiger partial charge in [-0.1, -0.05) is 11.2 Å². The highest BCUT2D eigenvalue weighted by Crippen LogP contribution is 2.27. The number of aromatic nitrogens is 5. The third-order valence-corrected chi connectivity index (χ3v) is 3.58. The molecule has 0 unspecified atom stereocenters. The minimum absolute atomic E-state index is 0.00882. The van der Waals surface area contributed by atoms with E-state index in [0.29, 0.717) is 22.8 Å². The second-order valence-corrected chi connectivity index (χ2v) is 5.66. The van der Waals surface area contributed by atoms with Crippen LogP contribution in [-0.2, 0) is 24.2 Å². The number of nitrogens with one attached hydrogen (secondary N) is 1. The first-order valence-electron chi connectivity index (χ1n) is 8.06. The topological polar surface area (TPSA) is 98.2 Å². The smallest absolute Gasteiger partial charge is 0.433 e. The maximum atomic E-state index is 12.5. The highest BCUT2D eigenvalue weighted by atomic mass is 19.4. The zero-order valence-electron chi connectivity index (χ0n) is 14.6. The molecule has 0 saturated heterocycles. The summed E-state index contributed by atoms with van der Waals surface area (Å²) < 4.78 is 43.0. The number of nitrogens with zero attached hydrogens (tertiary/aromatic N) is 5. The fraction of sp³-hybridized carbons (Fsp3) is 0.235. The Hall–Kier alpha value is -3.50. The van der Waals surface area contributed by atoms with Crippen molar-refractivity contribution in [1.29, 1.82) is 0 Å². The predicted molar refractivity (Wildman–Crippen MR) is 91.2 cm³/mol. The van der Waals surface area contributed by atoms with Gasteiger partial charge in [0, 0.05) is 11.8 Å². The number of hydrogen-bond acceptors (Lipinski definition) is 7. The maximum absolute atomic E-state index is 12.5. The van der Waals surface area contributed by atoms with Crippen molar-refractivity contribution in [3.05, 3.63) is 65.2 Å². The standard InChI is InChI=1S/C17H15F3N6O2/c1-11(24-28-9-12-2-7-15(21-8-12)17(18,19)20)13-3-5-14(6-4-13)27-10-16-22-25-26-23-16/h2-8H,9-10H2,1H3,(H,22,23,25,26)/b24-11+. The van der Waals surface area contributed by atoms with Gasteiger partial charge >= 0.3 is 6.18 Å². The van der Waals surface area contributed by atoms with Crippen molar-refractivity contribution in [1.82, 2.24) is 25.6 Å². The van der Waals surface area contributed by atoms with Gasteiger partial charge in [0.1, 0.15) is 24.7 Å². The number of pyridine rings is 1. The van der Waals surface area contributed by atoms with E-state index < -0.39 is 11.9 Å². The van der Waals surface area contributed by atoms with Crippen LogP contribution >= 0.6 is 0 Å². The first-order chi connectivity index (χ1) is 13.4. The van der Waals surface area contributed by atoms with Gasteiger partial charge in [-0.05, 0) is 53.2 Å². The summed E-state index contributed by atoms with van der Waals surface area (Å²) in [4.78, 5) is 8.57. The zero-order valence-corrected chi connectivity index (χ0v) is 14.6. The summed E-state index contributed by atoms with van der Waals surface area (Å²) >= 11 is 0. The first-order valence-corrected chi connectivity index (χ1v) is 8.06. The van der Waals surface area contributed by atoms with Gasteiger partial charge in [-0.15, -0.1) is 5.10 Å². The number of H-pyrrole nitrogens is 1. The highest BCUT2D eigenvalue weighted by Gasteiger charge is 2.31. The molecule has 0 atom stereocenters. The van der Waals surface area contributed by atoms with Crippen molar-refractivity contribution in [2.24, 2.45) is 5.16 Å². The number of benzene rings is 1. The molecule has 28 heavy (non-hydrogen) atoms. The fourth-order valence-electron chi connectivity index (χ4n) is 2.12. The molecule has 0 saturated carbocycles. The van der Waals surface area contributed by atoms with Crippen LogP contribution in [0, 0.1) is 0 Å². The number of tetrazole rings is 1. The number of halogens is 3. The van der Waals surface area contributed by atoms with E-state index in [1.54, 1.807) is 31.2 Å². The van der Waals surface area contributed by atoms with Crippen LogP contribution in [0.3, 0.4) is 0 Å². The molecule has 11 heteroatoms. The van der Waals surface area contributed by atoms with Crippen molar-refractivity contribution >= 4 is 5.71 Å². The first kappa shape index (κ1) is 19.3. The summed E-state index contributed by atoms with van der Waals surface area (Å²) in [7, 11) is 0. The Balaban J connectivity index is 1.51. The van der Waals surface area contributed by atoms with E-state index in [4.69, 9.17) is 9.57 Å². The molecule has 0 radical (unpaired) electrons. The van der Waals surface area contributed by atoms with Gasteiger partial charge in [-0.2, -0.15) is 13.2 Å². The van der Waals surface area contributed by atoms with Crippen LogP contribution in [0.1, 0.15) is 29.6 Å². The minimum Gasteiger partial charge on any atom is -0.486 e. The molecule has 3 aromatic rings. The van der Waals surface area contributed by atoms with Crippen molar-refractivity contribution < 1.29 is 22.7 Å². The van der Waals surface area contributed by atoms with Crippen LogP contribution in [0.5, 0.6) is 5.75 Å². The quantitative estimate of drug-likeness (QED) is 0.490. The molecule has 0 amide bonds. The van der Waals surface area contributed by atoms with E-state index >= 15 is 0 Å². The molecule has 146 valence electrons. The lowest BCUT2D eigenvalue weighted by atomic mass is 10.1. The molecule has 8 nitrogen and oxygen atoms in total. The van der Waals surface area contributed by atoms with Gasteiger partial charge in [0.05, 0.1) is 5.71 Å². The van der Waals surface area contributed by atoms with Crippen molar-refractivity contribution in [2.45, 2.75) is 26.3 Å². The largest absolute Gasteiger partial charge is 0.486 e. The molecule has 2 heterocycles. The summed E-state index contributed by atoms with van der Waals surface area (Å²) in [6.45, 7) is 1.97. The SMILES string of the molecule is C/C(=N\OCc1ccc(C(F)(F)F)nc1)c1ccc(OCc2nnn[nH]2)cc1. The summed E-state index contributed by atoms with van der Waals surface area (Å²) in [5, 5.41) is 17.2. The summed E-state index contributed by atoms with van der Waals surface area (Å²) in [6.07, 6.45) is -3.35. The minimum atomic E-state index is -4.46. The Morgan fingerprint density at radius 2 is 1.89 bits per heavy atom. The van der Waals surface area contributed by atoms with Gasteiger partial charge < -0.3 is 9.57 Å².